The Labute approximate surface area is 232 Å². The highest BCUT2D eigenvalue weighted by Crippen LogP contribution is 2.26. The van der Waals surface area contributed by atoms with Crippen LogP contribution in [0, 0.1) is 19.8 Å². The number of carbonyl (C=O) groups is 2. The van der Waals surface area contributed by atoms with E-state index in [0.29, 0.717) is 10.6 Å². The average Bonchev–Trinajstić information content (AvgIpc) is 3.15. The van der Waals surface area contributed by atoms with Gasteiger partial charge in [-0.2, -0.15) is 5.10 Å². The summed E-state index contributed by atoms with van der Waals surface area (Å²) < 4.78 is 2.25. The maximum Gasteiger partial charge on any atom is 0.262 e. The summed E-state index contributed by atoms with van der Waals surface area (Å²) >= 11 is 12.0. The van der Waals surface area contributed by atoms with E-state index in [-0.39, 0.29) is 10.9 Å². The largest absolute Gasteiger partial charge is 0.340 e. The van der Waals surface area contributed by atoms with Gasteiger partial charge in [0.15, 0.2) is 0 Å². The molecule has 1 heterocycles. The van der Waals surface area contributed by atoms with Crippen LogP contribution >= 0.6 is 23.2 Å². The molecule has 0 saturated carbocycles. The monoisotopic (exact) mass is 548 g/mol. The van der Waals surface area contributed by atoms with Gasteiger partial charge in [-0.25, -0.2) is 5.43 Å². The highest BCUT2D eigenvalue weighted by Gasteiger charge is 2.25. The Hall–Kier alpha value is -3.61. The van der Waals surface area contributed by atoms with E-state index in [1.54, 1.807) is 18.3 Å². The van der Waals surface area contributed by atoms with Gasteiger partial charge < -0.3 is 9.88 Å². The van der Waals surface area contributed by atoms with Crippen LogP contribution in [0.5, 0.6) is 0 Å². The topological polar surface area (TPSA) is 75.5 Å². The first-order valence-corrected chi connectivity index (χ1v) is 13.1. The molecule has 1 atom stereocenters. The second kappa shape index (κ2) is 11.8. The van der Waals surface area contributed by atoms with Gasteiger partial charge in [0, 0.05) is 34.3 Å². The van der Waals surface area contributed by atoms with Gasteiger partial charge in [-0.15, -0.1) is 0 Å². The van der Waals surface area contributed by atoms with Crippen LogP contribution in [-0.4, -0.2) is 28.6 Å². The van der Waals surface area contributed by atoms with Crippen LogP contribution in [0.15, 0.2) is 71.8 Å². The molecule has 38 heavy (non-hydrogen) atoms. The molecule has 4 rings (SSSR count). The molecule has 8 heteroatoms. The lowest BCUT2D eigenvalue weighted by Gasteiger charge is -2.20. The van der Waals surface area contributed by atoms with E-state index in [1.807, 2.05) is 39.0 Å². The van der Waals surface area contributed by atoms with Crippen LogP contribution in [0.1, 0.15) is 46.6 Å². The molecule has 1 aromatic heterocycles. The van der Waals surface area contributed by atoms with Crippen molar-refractivity contribution in [1.29, 1.82) is 0 Å². The Morgan fingerprint density at radius 1 is 0.974 bits per heavy atom. The van der Waals surface area contributed by atoms with E-state index in [9.17, 15) is 9.59 Å². The minimum Gasteiger partial charge on any atom is -0.340 e. The predicted molar refractivity (Wildman–Crippen MR) is 155 cm³/mol. The van der Waals surface area contributed by atoms with E-state index in [2.05, 4.69) is 57.7 Å². The lowest BCUT2D eigenvalue weighted by molar-refractivity contribution is -0.123. The zero-order chi connectivity index (χ0) is 27.4. The molecular weight excluding hydrogens is 519 g/mol. The van der Waals surface area contributed by atoms with E-state index in [0.717, 1.165) is 28.7 Å². The fraction of sp³-hybridized carbons (Fsp3) is 0.233. The Morgan fingerprint density at radius 2 is 1.68 bits per heavy atom. The SMILES string of the molecule is Cc1ccc(Cn2c(C)c(C=NNC(=O)C(NC(=O)c3ccc(Cl)c(Cl)c3)C(C)C)c3ccccc32)cc1. The van der Waals surface area contributed by atoms with Crippen molar-refractivity contribution in [2.24, 2.45) is 11.0 Å². The van der Waals surface area contributed by atoms with Crippen LogP contribution in [0.3, 0.4) is 0 Å². The summed E-state index contributed by atoms with van der Waals surface area (Å²) in [7, 11) is 0. The molecule has 0 radical (unpaired) electrons. The van der Waals surface area contributed by atoms with Gasteiger partial charge in [-0.3, -0.25) is 9.59 Å². The molecular formula is C30H30Cl2N4O2. The number of amides is 2. The first kappa shape index (κ1) is 27.4. The first-order chi connectivity index (χ1) is 18.2. The molecule has 2 amide bonds. The zero-order valence-corrected chi connectivity index (χ0v) is 23.3. The number of rotatable bonds is 8. The zero-order valence-electron chi connectivity index (χ0n) is 21.8. The van der Waals surface area contributed by atoms with Crippen LogP contribution in [-0.2, 0) is 11.3 Å². The standard InChI is InChI=1S/C30H30Cl2N4O2/c1-18(2)28(34-29(37)22-13-14-25(31)26(32)15-22)30(38)35-33-16-24-20(4)36(27-8-6-5-7-23(24)27)17-21-11-9-19(3)10-12-21/h5-16,18,28H,17H2,1-4H3,(H,34,37)(H,35,38). The summed E-state index contributed by atoms with van der Waals surface area (Å²) in [6, 6.07) is 20.4. The molecule has 196 valence electrons. The summed E-state index contributed by atoms with van der Waals surface area (Å²) in [5.74, 6) is -1.00. The fourth-order valence-electron chi connectivity index (χ4n) is 4.33. The molecule has 4 aromatic rings. The Balaban J connectivity index is 1.52. The molecule has 2 N–H and O–H groups in total. The number of fused-ring (bicyclic) bond motifs is 1. The summed E-state index contributed by atoms with van der Waals surface area (Å²) in [6.07, 6.45) is 1.67. The molecule has 0 aliphatic carbocycles. The molecule has 0 spiro atoms. The van der Waals surface area contributed by atoms with Crippen LogP contribution in [0.25, 0.3) is 10.9 Å². The van der Waals surface area contributed by atoms with E-state index in [4.69, 9.17) is 23.2 Å². The number of hydrogen-bond acceptors (Lipinski definition) is 3. The molecule has 0 aliphatic rings. The van der Waals surface area contributed by atoms with Crippen molar-refractivity contribution >= 4 is 52.1 Å². The van der Waals surface area contributed by atoms with Crippen molar-refractivity contribution in [3.63, 3.8) is 0 Å². The maximum atomic E-state index is 13.0. The number of carbonyl (C=O) groups excluding carboxylic acids is 2. The number of halogens is 2. The third kappa shape index (κ3) is 6.09. The van der Waals surface area contributed by atoms with Gasteiger partial charge in [0.25, 0.3) is 11.8 Å². The second-order valence-corrected chi connectivity index (χ2v) is 10.5. The number of benzene rings is 3. The molecule has 0 saturated heterocycles. The van der Waals surface area contributed by atoms with Crippen molar-refractivity contribution in [3.05, 3.63) is 105 Å². The van der Waals surface area contributed by atoms with E-state index < -0.39 is 17.9 Å². The molecule has 3 aromatic carbocycles. The van der Waals surface area contributed by atoms with Gasteiger partial charge in [-0.05, 0) is 49.6 Å². The van der Waals surface area contributed by atoms with Crippen molar-refractivity contribution in [3.8, 4) is 0 Å². The lowest BCUT2D eigenvalue weighted by atomic mass is 10.0. The maximum absolute atomic E-state index is 13.0. The first-order valence-electron chi connectivity index (χ1n) is 12.4. The molecule has 1 unspecified atom stereocenters. The normalized spacial score (nSPS) is 12.3. The van der Waals surface area contributed by atoms with Crippen molar-refractivity contribution in [2.45, 2.75) is 40.3 Å². The summed E-state index contributed by atoms with van der Waals surface area (Å²) in [6.45, 7) is 8.55. The minimum atomic E-state index is -0.793. The van der Waals surface area contributed by atoms with Crippen molar-refractivity contribution in [2.75, 3.05) is 0 Å². The molecule has 6 nitrogen and oxygen atoms in total. The number of para-hydroxylation sites is 1. The number of hydrazone groups is 1. The van der Waals surface area contributed by atoms with Gasteiger partial charge in [0.05, 0.1) is 16.3 Å². The third-order valence-corrected chi connectivity index (χ3v) is 7.27. The number of nitrogens with one attached hydrogen (secondary N) is 2. The van der Waals surface area contributed by atoms with Gasteiger partial charge >= 0.3 is 0 Å². The number of nitrogens with zero attached hydrogens (tertiary/aromatic N) is 2. The highest BCUT2D eigenvalue weighted by molar-refractivity contribution is 6.42. The lowest BCUT2D eigenvalue weighted by Crippen LogP contribution is -2.48. The van der Waals surface area contributed by atoms with Gasteiger partial charge in [0.2, 0.25) is 0 Å². The number of hydrogen-bond donors (Lipinski definition) is 2. The van der Waals surface area contributed by atoms with E-state index >= 15 is 0 Å². The van der Waals surface area contributed by atoms with Crippen molar-refractivity contribution in [1.82, 2.24) is 15.3 Å². The van der Waals surface area contributed by atoms with Crippen LogP contribution < -0.4 is 10.7 Å². The smallest absolute Gasteiger partial charge is 0.262 e. The Kier molecular flexibility index (Phi) is 8.55. The third-order valence-electron chi connectivity index (χ3n) is 6.53. The fourth-order valence-corrected chi connectivity index (χ4v) is 4.63. The average molecular weight is 550 g/mol. The predicted octanol–water partition coefficient (Wildman–Crippen LogP) is 6.52. The quantitative estimate of drug-likeness (QED) is 0.194. The highest BCUT2D eigenvalue weighted by atomic mass is 35.5. The van der Waals surface area contributed by atoms with Crippen molar-refractivity contribution < 1.29 is 9.59 Å². The second-order valence-electron chi connectivity index (χ2n) is 9.65. The van der Waals surface area contributed by atoms with Gasteiger partial charge in [0.1, 0.15) is 6.04 Å². The molecule has 0 aliphatic heterocycles. The van der Waals surface area contributed by atoms with Crippen LogP contribution in [0.2, 0.25) is 10.0 Å². The number of aryl methyl sites for hydroxylation is 1. The Bertz CT molecular complexity index is 1510. The summed E-state index contributed by atoms with van der Waals surface area (Å²) in [4.78, 5) is 25.7. The van der Waals surface area contributed by atoms with Crippen LogP contribution in [0.4, 0.5) is 0 Å². The van der Waals surface area contributed by atoms with E-state index in [1.165, 1.54) is 17.2 Å². The number of aromatic nitrogens is 1. The molecule has 0 bridgehead atoms. The van der Waals surface area contributed by atoms with Gasteiger partial charge in [-0.1, -0.05) is 85.1 Å². The summed E-state index contributed by atoms with van der Waals surface area (Å²) in [5.41, 5.74) is 8.40. The summed E-state index contributed by atoms with van der Waals surface area (Å²) in [5, 5.41) is 8.71. The Morgan fingerprint density at radius 3 is 2.37 bits per heavy atom. The molecule has 0 fully saturated rings. The minimum absolute atomic E-state index is 0.171.